The van der Waals surface area contributed by atoms with E-state index in [0.29, 0.717) is 17.9 Å². The van der Waals surface area contributed by atoms with Gasteiger partial charge in [-0.25, -0.2) is 9.37 Å². The zero-order valence-electron chi connectivity index (χ0n) is 10.4. The second-order valence-corrected chi connectivity index (χ2v) is 4.79. The highest BCUT2D eigenvalue weighted by atomic mass is 19.1. The van der Waals surface area contributed by atoms with Crippen molar-refractivity contribution in [2.75, 3.05) is 11.9 Å². The number of aromatic nitrogens is 1. The van der Waals surface area contributed by atoms with Crippen LogP contribution in [0.3, 0.4) is 0 Å². The number of anilines is 1. The first-order chi connectivity index (χ1) is 7.44. The third kappa shape index (κ3) is 3.77. The molecule has 4 heteroatoms. The molecule has 1 aromatic heterocycles. The Kier molecular flexibility index (Phi) is 4.24. The lowest BCUT2D eigenvalue weighted by atomic mass is 10.1. The van der Waals surface area contributed by atoms with Gasteiger partial charge in [0.25, 0.3) is 0 Å². The Balaban J connectivity index is 2.86. The van der Waals surface area contributed by atoms with Gasteiger partial charge in [-0.1, -0.05) is 6.92 Å². The van der Waals surface area contributed by atoms with Crippen molar-refractivity contribution in [3.05, 3.63) is 23.6 Å². The van der Waals surface area contributed by atoms with Crippen LogP contribution in [0.5, 0.6) is 0 Å². The summed E-state index contributed by atoms with van der Waals surface area (Å²) in [5, 5.41) is 6.15. The van der Waals surface area contributed by atoms with E-state index in [4.69, 9.17) is 0 Å². The van der Waals surface area contributed by atoms with Gasteiger partial charge >= 0.3 is 0 Å². The van der Waals surface area contributed by atoms with Gasteiger partial charge in [0.1, 0.15) is 0 Å². The molecule has 0 aliphatic rings. The van der Waals surface area contributed by atoms with Crippen LogP contribution in [0.1, 0.15) is 33.3 Å². The number of nitrogens with zero attached hydrogens (tertiary/aromatic N) is 1. The predicted octanol–water partition coefficient (Wildman–Crippen LogP) is 2.54. The molecule has 1 heterocycles. The van der Waals surface area contributed by atoms with Gasteiger partial charge in [-0.2, -0.15) is 0 Å². The Labute approximate surface area is 96.5 Å². The minimum atomic E-state index is -0.265. The number of hydrogen-bond donors (Lipinski definition) is 2. The maximum Gasteiger partial charge on any atom is 0.169 e. The van der Waals surface area contributed by atoms with Gasteiger partial charge < -0.3 is 10.6 Å². The molecule has 0 aliphatic carbocycles. The average molecular weight is 225 g/mol. The largest absolute Gasteiger partial charge is 0.363 e. The second-order valence-electron chi connectivity index (χ2n) is 4.79. The predicted molar refractivity (Wildman–Crippen MR) is 65.0 cm³/mol. The van der Waals surface area contributed by atoms with Crippen molar-refractivity contribution in [1.82, 2.24) is 10.3 Å². The summed E-state index contributed by atoms with van der Waals surface area (Å²) >= 11 is 0. The Bertz CT molecular complexity index is 345. The van der Waals surface area contributed by atoms with Gasteiger partial charge in [0.05, 0.1) is 0 Å². The summed E-state index contributed by atoms with van der Waals surface area (Å²) in [5.74, 6) is 0.0567. The van der Waals surface area contributed by atoms with Crippen LogP contribution in [0.15, 0.2) is 12.3 Å². The van der Waals surface area contributed by atoms with Crippen LogP contribution in [0, 0.1) is 5.82 Å². The summed E-state index contributed by atoms with van der Waals surface area (Å²) < 4.78 is 14.0. The summed E-state index contributed by atoms with van der Waals surface area (Å²) in [6.07, 6.45) is 1.63. The van der Waals surface area contributed by atoms with E-state index in [-0.39, 0.29) is 11.4 Å². The van der Waals surface area contributed by atoms with E-state index in [9.17, 15) is 4.39 Å². The molecule has 0 amide bonds. The lowest BCUT2D eigenvalue weighted by Gasteiger charge is -2.22. The lowest BCUT2D eigenvalue weighted by molar-refractivity contribution is 0.571. The SMILES string of the molecule is CCNCc1ccnc(NC(C)(C)C)c1F. The van der Waals surface area contributed by atoms with Crippen molar-refractivity contribution in [3.8, 4) is 0 Å². The van der Waals surface area contributed by atoms with Crippen LogP contribution in [0.25, 0.3) is 0 Å². The first kappa shape index (κ1) is 12.9. The maximum atomic E-state index is 14.0. The van der Waals surface area contributed by atoms with Crippen LogP contribution in [0.4, 0.5) is 10.2 Å². The molecule has 0 radical (unpaired) electrons. The van der Waals surface area contributed by atoms with Gasteiger partial charge in [0.2, 0.25) is 0 Å². The molecule has 0 bridgehead atoms. The summed E-state index contributed by atoms with van der Waals surface area (Å²) in [6, 6.07) is 1.70. The van der Waals surface area contributed by atoms with E-state index in [1.54, 1.807) is 12.3 Å². The minimum Gasteiger partial charge on any atom is -0.363 e. The van der Waals surface area contributed by atoms with Crippen molar-refractivity contribution in [2.45, 2.75) is 39.8 Å². The quantitative estimate of drug-likeness (QED) is 0.827. The molecule has 1 aromatic rings. The van der Waals surface area contributed by atoms with Gasteiger partial charge in [-0.15, -0.1) is 0 Å². The van der Waals surface area contributed by atoms with Crippen molar-refractivity contribution < 1.29 is 4.39 Å². The molecule has 0 aliphatic heterocycles. The smallest absolute Gasteiger partial charge is 0.169 e. The molecule has 1 rings (SSSR count). The van der Waals surface area contributed by atoms with Crippen molar-refractivity contribution in [2.24, 2.45) is 0 Å². The average Bonchev–Trinajstić information content (AvgIpc) is 2.17. The first-order valence-corrected chi connectivity index (χ1v) is 5.56. The number of halogens is 1. The number of rotatable bonds is 4. The molecule has 0 aromatic carbocycles. The van der Waals surface area contributed by atoms with Gasteiger partial charge in [-0.3, -0.25) is 0 Å². The summed E-state index contributed by atoms with van der Waals surface area (Å²) in [5.41, 5.74) is 0.452. The van der Waals surface area contributed by atoms with Gasteiger partial charge in [0, 0.05) is 23.8 Å². The molecule has 0 saturated carbocycles. The summed E-state index contributed by atoms with van der Waals surface area (Å²) in [4.78, 5) is 4.02. The van der Waals surface area contributed by atoms with E-state index in [2.05, 4.69) is 15.6 Å². The van der Waals surface area contributed by atoms with E-state index in [0.717, 1.165) is 6.54 Å². The standard InChI is InChI=1S/C12H20FN3/c1-5-14-8-9-6-7-15-11(10(9)13)16-12(2,3)4/h6-7,14H,5,8H2,1-4H3,(H,15,16). The molecule has 0 atom stereocenters. The molecule has 90 valence electrons. The van der Waals surface area contributed by atoms with Crippen molar-refractivity contribution >= 4 is 5.82 Å². The zero-order valence-corrected chi connectivity index (χ0v) is 10.4. The Morgan fingerprint density at radius 2 is 2.06 bits per heavy atom. The number of hydrogen-bond acceptors (Lipinski definition) is 3. The van der Waals surface area contributed by atoms with E-state index < -0.39 is 0 Å². The molecular formula is C12H20FN3. The molecular weight excluding hydrogens is 205 g/mol. The number of nitrogens with one attached hydrogen (secondary N) is 2. The summed E-state index contributed by atoms with van der Waals surface area (Å²) in [6.45, 7) is 9.28. The zero-order chi connectivity index (χ0) is 12.2. The van der Waals surface area contributed by atoms with Crippen molar-refractivity contribution in [3.63, 3.8) is 0 Å². The molecule has 0 spiro atoms. The molecule has 3 nitrogen and oxygen atoms in total. The maximum absolute atomic E-state index is 14.0. The normalized spacial score (nSPS) is 11.6. The third-order valence-electron chi connectivity index (χ3n) is 2.03. The highest BCUT2D eigenvalue weighted by Crippen LogP contribution is 2.18. The first-order valence-electron chi connectivity index (χ1n) is 5.56. The fourth-order valence-electron chi connectivity index (χ4n) is 1.32. The Morgan fingerprint density at radius 3 is 2.62 bits per heavy atom. The van der Waals surface area contributed by atoms with E-state index >= 15 is 0 Å². The Hall–Kier alpha value is -1.16. The van der Waals surface area contributed by atoms with E-state index in [1.807, 2.05) is 27.7 Å². The molecule has 2 N–H and O–H groups in total. The molecule has 0 unspecified atom stereocenters. The fourth-order valence-corrected chi connectivity index (χ4v) is 1.32. The Morgan fingerprint density at radius 1 is 1.38 bits per heavy atom. The topological polar surface area (TPSA) is 37.0 Å². The lowest BCUT2D eigenvalue weighted by Crippen LogP contribution is -2.27. The van der Waals surface area contributed by atoms with Gasteiger partial charge in [0.15, 0.2) is 11.6 Å². The van der Waals surface area contributed by atoms with Crippen LogP contribution < -0.4 is 10.6 Å². The van der Waals surface area contributed by atoms with Gasteiger partial charge in [-0.05, 0) is 33.4 Å². The second kappa shape index (κ2) is 5.25. The van der Waals surface area contributed by atoms with Crippen molar-refractivity contribution in [1.29, 1.82) is 0 Å². The minimum absolute atomic E-state index is 0.190. The van der Waals surface area contributed by atoms with Crippen LogP contribution in [-0.4, -0.2) is 17.1 Å². The van der Waals surface area contributed by atoms with E-state index in [1.165, 1.54) is 0 Å². The number of pyridine rings is 1. The molecule has 16 heavy (non-hydrogen) atoms. The molecule has 0 saturated heterocycles. The van der Waals surface area contributed by atoms with Crippen LogP contribution in [0.2, 0.25) is 0 Å². The van der Waals surface area contributed by atoms with Crippen LogP contribution in [-0.2, 0) is 6.54 Å². The molecule has 0 fully saturated rings. The summed E-state index contributed by atoms with van der Waals surface area (Å²) in [7, 11) is 0. The highest BCUT2D eigenvalue weighted by Gasteiger charge is 2.15. The van der Waals surface area contributed by atoms with Crippen LogP contribution >= 0.6 is 0 Å². The fraction of sp³-hybridized carbons (Fsp3) is 0.583. The monoisotopic (exact) mass is 225 g/mol. The third-order valence-corrected chi connectivity index (χ3v) is 2.03. The highest BCUT2D eigenvalue weighted by molar-refractivity contribution is 5.41.